The van der Waals surface area contributed by atoms with Crippen molar-refractivity contribution in [2.75, 3.05) is 62.7 Å². The minimum absolute atomic E-state index is 0.0615. The Hall–Kier alpha value is -2.98. The smallest absolute Gasteiger partial charge is 0.332 e. The number of para-hydroxylation sites is 1. The zero-order valence-corrected chi connectivity index (χ0v) is 19.5. The molecule has 180 valence electrons. The van der Waals surface area contributed by atoms with Gasteiger partial charge in [0.15, 0.2) is 17.6 Å². The highest BCUT2D eigenvalue weighted by molar-refractivity contribution is 5.65. The molecule has 0 saturated carbocycles. The molecule has 10 nitrogen and oxygen atoms in total. The lowest BCUT2D eigenvalue weighted by atomic mass is 10.2. The van der Waals surface area contributed by atoms with Gasteiger partial charge in [0.25, 0.3) is 5.56 Å². The van der Waals surface area contributed by atoms with Crippen molar-refractivity contribution in [2.24, 2.45) is 14.1 Å². The number of ether oxygens (including phenoxy) is 2. The number of benzene rings is 1. The predicted octanol–water partition coefficient (Wildman–Crippen LogP) is 0.149. The molecular formula is C23H33N5O5. The van der Waals surface area contributed by atoms with Crippen LogP contribution in [0.25, 0.3) is 0 Å². The Morgan fingerprint density at radius 3 is 2.61 bits per heavy atom. The van der Waals surface area contributed by atoms with Gasteiger partial charge in [0.05, 0.1) is 17.9 Å². The molecule has 1 aromatic carbocycles. The first-order valence-corrected chi connectivity index (χ1v) is 11.4. The quantitative estimate of drug-likeness (QED) is 0.565. The summed E-state index contributed by atoms with van der Waals surface area (Å²) in [6, 6.07) is 5.89. The van der Waals surface area contributed by atoms with Gasteiger partial charge < -0.3 is 24.8 Å². The molecule has 0 aliphatic carbocycles. The van der Waals surface area contributed by atoms with Crippen molar-refractivity contribution in [2.45, 2.75) is 19.4 Å². The lowest BCUT2D eigenvalue weighted by molar-refractivity contribution is 0.0459. The highest BCUT2D eigenvalue weighted by atomic mass is 16.6. The van der Waals surface area contributed by atoms with Gasteiger partial charge in [-0.25, -0.2) is 4.79 Å². The first-order chi connectivity index (χ1) is 15.9. The van der Waals surface area contributed by atoms with Crippen LogP contribution in [0.2, 0.25) is 0 Å². The molecule has 2 aliphatic heterocycles. The number of aliphatic hydroxyl groups is 1. The van der Waals surface area contributed by atoms with Crippen LogP contribution in [0.15, 0.2) is 27.8 Å². The lowest BCUT2D eigenvalue weighted by Gasteiger charge is -2.38. The lowest BCUT2D eigenvalue weighted by Crippen LogP contribution is -2.47. The SMILES string of the molecule is Cc1c(NCCCN2CCN(c3cccc4c3OC[C@@H](CO)O4)CC2)n(C)c(=O)n(C)c1=O. The molecule has 1 aromatic heterocycles. The number of hydrogen-bond donors (Lipinski definition) is 2. The van der Waals surface area contributed by atoms with Crippen molar-refractivity contribution >= 4 is 11.5 Å². The highest BCUT2D eigenvalue weighted by Gasteiger charge is 2.26. The zero-order valence-electron chi connectivity index (χ0n) is 19.5. The van der Waals surface area contributed by atoms with E-state index in [0.717, 1.165) is 55.1 Å². The number of rotatable bonds is 7. The van der Waals surface area contributed by atoms with Gasteiger partial charge in [-0.2, -0.15) is 0 Å². The summed E-state index contributed by atoms with van der Waals surface area (Å²) < 4.78 is 14.3. The number of aromatic nitrogens is 2. The molecule has 1 fully saturated rings. The van der Waals surface area contributed by atoms with Crippen molar-refractivity contribution in [1.29, 1.82) is 0 Å². The first-order valence-electron chi connectivity index (χ1n) is 11.4. The Balaban J connectivity index is 1.28. The second kappa shape index (κ2) is 9.88. The number of anilines is 2. The van der Waals surface area contributed by atoms with E-state index in [1.165, 1.54) is 11.6 Å². The molecule has 2 N–H and O–H groups in total. The minimum Gasteiger partial charge on any atom is -0.484 e. The van der Waals surface area contributed by atoms with Crippen molar-refractivity contribution in [1.82, 2.24) is 14.0 Å². The highest BCUT2D eigenvalue weighted by Crippen LogP contribution is 2.40. The molecular weight excluding hydrogens is 426 g/mol. The molecule has 0 unspecified atom stereocenters. The van der Waals surface area contributed by atoms with Gasteiger partial charge in [-0.15, -0.1) is 0 Å². The zero-order chi connectivity index (χ0) is 23.5. The van der Waals surface area contributed by atoms with Crippen LogP contribution in [0.3, 0.4) is 0 Å². The van der Waals surface area contributed by atoms with E-state index in [4.69, 9.17) is 9.47 Å². The Morgan fingerprint density at radius 1 is 1.12 bits per heavy atom. The topological polar surface area (TPSA) is 101 Å². The summed E-state index contributed by atoms with van der Waals surface area (Å²) in [6.07, 6.45) is 0.589. The normalized spacial score (nSPS) is 18.4. The molecule has 0 spiro atoms. The second-order valence-electron chi connectivity index (χ2n) is 8.63. The van der Waals surface area contributed by atoms with Gasteiger partial charge >= 0.3 is 5.69 Å². The second-order valence-corrected chi connectivity index (χ2v) is 8.63. The number of nitrogens with one attached hydrogen (secondary N) is 1. The average Bonchev–Trinajstić information content (AvgIpc) is 2.85. The van der Waals surface area contributed by atoms with E-state index >= 15 is 0 Å². The molecule has 10 heteroatoms. The summed E-state index contributed by atoms with van der Waals surface area (Å²) in [4.78, 5) is 29.1. The summed E-state index contributed by atoms with van der Waals surface area (Å²) >= 11 is 0. The standard InChI is InChI=1S/C23H33N5O5/c1-16-21(25(2)23(31)26(3)22(16)30)24-8-5-9-27-10-12-28(13-11-27)18-6-4-7-19-20(18)32-15-17(14-29)33-19/h4,6-7,17,24,29H,5,8-15H2,1-3H3/t17-/m1/s1. The van der Waals surface area contributed by atoms with Gasteiger partial charge in [-0.05, 0) is 32.0 Å². The largest absolute Gasteiger partial charge is 0.484 e. The van der Waals surface area contributed by atoms with Crippen LogP contribution in [0.4, 0.5) is 11.5 Å². The van der Waals surface area contributed by atoms with Gasteiger partial charge in [0.1, 0.15) is 12.4 Å². The third kappa shape index (κ3) is 4.72. The molecule has 2 aromatic rings. The Kier molecular flexibility index (Phi) is 6.94. The molecule has 1 saturated heterocycles. The molecule has 2 aliphatic rings. The van der Waals surface area contributed by atoms with Crippen molar-refractivity contribution in [3.05, 3.63) is 44.6 Å². The molecule has 0 amide bonds. The van der Waals surface area contributed by atoms with Crippen molar-refractivity contribution in [3.63, 3.8) is 0 Å². The summed E-state index contributed by atoms with van der Waals surface area (Å²) in [6.45, 7) is 7.30. The Morgan fingerprint density at radius 2 is 1.88 bits per heavy atom. The minimum atomic E-state index is -0.325. The van der Waals surface area contributed by atoms with Crippen LogP contribution < -0.4 is 30.9 Å². The van der Waals surface area contributed by atoms with Crippen LogP contribution in [0.1, 0.15) is 12.0 Å². The maximum atomic E-state index is 12.2. The monoisotopic (exact) mass is 459 g/mol. The number of hydrogen-bond acceptors (Lipinski definition) is 8. The van der Waals surface area contributed by atoms with Gasteiger partial charge in [-0.3, -0.25) is 18.8 Å². The van der Waals surface area contributed by atoms with E-state index in [-0.39, 0.29) is 24.0 Å². The predicted molar refractivity (Wildman–Crippen MR) is 127 cm³/mol. The summed E-state index contributed by atoms with van der Waals surface area (Å²) in [5, 5.41) is 12.6. The number of piperazine rings is 1. The summed E-state index contributed by atoms with van der Waals surface area (Å²) in [7, 11) is 3.18. The Labute approximate surface area is 192 Å². The van der Waals surface area contributed by atoms with Crippen LogP contribution in [0.5, 0.6) is 11.5 Å². The fourth-order valence-corrected chi connectivity index (χ4v) is 4.46. The number of fused-ring (bicyclic) bond motifs is 1. The Bertz CT molecular complexity index is 1070. The van der Waals surface area contributed by atoms with E-state index in [1.54, 1.807) is 14.0 Å². The molecule has 1 atom stereocenters. The molecule has 33 heavy (non-hydrogen) atoms. The number of nitrogens with zero attached hydrogens (tertiary/aromatic N) is 4. The van der Waals surface area contributed by atoms with E-state index in [0.29, 0.717) is 30.3 Å². The van der Waals surface area contributed by atoms with Crippen LogP contribution in [-0.4, -0.2) is 77.7 Å². The third-order valence-electron chi connectivity index (χ3n) is 6.42. The van der Waals surface area contributed by atoms with Gasteiger partial charge in [0, 0.05) is 46.8 Å². The molecule has 0 bridgehead atoms. The van der Waals surface area contributed by atoms with E-state index in [1.807, 2.05) is 12.1 Å². The van der Waals surface area contributed by atoms with Crippen molar-refractivity contribution in [3.8, 4) is 11.5 Å². The maximum absolute atomic E-state index is 12.2. The van der Waals surface area contributed by atoms with E-state index < -0.39 is 0 Å². The molecule has 0 radical (unpaired) electrons. The van der Waals surface area contributed by atoms with Gasteiger partial charge in [0.2, 0.25) is 0 Å². The molecule has 3 heterocycles. The average molecular weight is 460 g/mol. The first kappa shape index (κ1) is 23.2. The van der Waals surface area contributed by atoms with Crippen LogP contribution >= 0.6 is 0 Å². The van der Waals surface area contributed by atoms with Crippen molar-refractivity contribution < 1.29 is 14.6 Å². The summed E-state index contributed by atoms with van der Waals surface area (Å²) in [5.41, 5.74) is 0.998. The summed E-state index contributed by atoms with van der Waals surface area (Å²) in [5.74, 6) is 2.04. The maximum Gasteiger partial charge on any atom is 0.332 e. The fourth-order valence-electron chi connectivity index (χ4n) is 4.46. The fraction of sp³-hybridized carbons (Fsp3) is 0.565. The van der Waals surface area contributed by atoms with Gasteiger partial charge in [-0.1, -0.05) is 6.07 Å². The van der Waals surface area contributed by atoms with E-state index in [2.05, 4.69) is 21.2 Å². The molecule has 4 rings (SSSR count). The van der Waals surface area contributed by atoms with E-state index in [9.17, 15) is 14.7 Å². The van der Waals surface area contributed by atoms with Crippen LogP contribution in [-0.2, 0) is 14.1 Å². The number of aliphatic hydroxyl groups excluding tert-OH is 1. The third-order valence-corrected chi connectivity index (χ3v) is 6.42. The van der Waals surface area contributed by atoms with Crippen LogP contribution in [0, 0.1) is 6.92 Å².